The number of hydrogen-bond donors (Lipinski definition) is 3. The average molecular weight is 545 g/mol. The van der Waals surface area contributed by atoms with E-state index in [4.69, 9.17) is 14.6 Å². The topological polar surface area (TPSA) is 105 Å². The quantitative estimate of drug-likeness (QED) is 0.216. The van der Waals surface area contributed by atoms with Crippen molar-refractivity contribution >= 4 is 22.6 Å². The highest BCUT2D eigenvalue weighted by molar-refractivity contribution is 5.94. The van der Waals surface area contributed by atoms with Crippen LogP contribution in [0.3, 0.4) is 0 Å². The van der Waals surface area contributed by atoms with Crippen LogP contribution in [0.1, 0.15) is 16.8 Å². The molecule has 1 aromatic heterocycles. The summed E-state index contributed by atoms with van der Waals surface area (Å²) < 4.78 is 40.9. The van der Waals surface area contributed by atoms with Gasteiger partial charge in [0.05, 0.1) is 13.5 Å². The molecule has 202 valence electrons. The summed E-state index contributed by atoms with van der Waals surface area (Å²) in [5, 5.41) is 16.4. The number of hydrogen-bond acceptors (Lipinski definition) is 4. The van der Waals surface area contributed by atoms with Crippen LogP contribution in [0.4, 0.5) is 8.78 Å². The highest BCUT2D eigenvalue weighted by Gasteiger charge is 2.22. The van der Waals surface area contributed by atoms with Gasteiger partial charge in [0.25, 0.3) is 5.91 Å². The van der Waals surface area contributed by atoms with E-state index in [-0.39, 0.29) is 18.7 Å². The molecule has 0 radical (unpaired) electrons. The number of carbonyl (C=O) groups excluding carboxylic acids is 1. The molecule has 0 fully saturated rings. The van der Waals surface area contributed by atoms with Gasteiger partial charge in [-0.15, -0.1) is 0 Å². The number of H-pyrrole nitrogens is 1. The minimum absolute atomic E-state index is 0.0122. The number of aromatic nitrogens is 2. The van der Waals surface area contributed by atoms with E-state index in [0.29, 0.717) is 22.8 Å². The van der Waals surface area contributed by atoms with Gasteiger partial charge in [-0.3, -0.25) is 9.59 Å². The number of ether oxygens (including phenoxy) is 2. The van der Waals surface area contributed by atoms with Gasteiger partial charge >= 0.3 is 5.97 Å². The van der Waals surface area contributed by atoms with Crippen LogP contribution in [0.25, 0.3) is 27.7 Å². The Hall–Kier alpha value is -5.25. The summed E-state index contributed by atoms with van der Waals surface area (Å²) in [4.78, 5) is 22.9. The molecule has 0 atom stereocenters. The van der Waals surface area contributed by atoms with Gasteiger partial charge in [0.15, 0.2) is 5.69 Å². The molecule has 0 bridgehead atoms. The molecular formula is C30H24F2N3O5+. The Labute approximate surface area is 227 Å². The summed E-state index contributed by atoms with van der Waals surface area (Å²) in [7, 11) is 1.60. The third kappa shape index (κ3) is 5.91. The Morgan fingerprint density at radius 3 is 2.27 bits per heavy atom. The van der Waals surface area contributed by atoms with Gasteiger partial charge in [-0.25, -0.2) is 8.78 Å². The number of aliphatic carboxylic acids is 1. The van der Waals surface area contributed by atoms with Gasteiger partial charge in [-0.05, 0) is 53.2 Å². The number of rotatable bonds is 9. The third-order valence-corrected chi connectivity index (χ3v) is 6.16. The van der Waals surface area contributed by atoms with Crippen LogP contribution in [0.5, 0.6) is 17.2 Å². The number of amides is 1. The normalized spacial score (nSPS) is 10.9. The highest BCUT2D eigenvalue weighted by atomic mass is 19.1. The van der Waals surface area contributed by atoms with E-state index in [1.807, 2.05) is 36.4 Å². The van der Waals surface area contributed by atoms with Crippen LogP contribution in [-0.4, -0.2) is 35.7 Å². The number of nitrogens with one attached hydrogen (secondary N) is 2. The lowest BCUT2D eigenvalue weighted by atomic mass is 10.0. The van der Waals surface area contributed by atoms with Crippen molar-refractivity contribution < 1.29 is 37.6 Å². The van der Waals surface area contributed by atoms with Crippen molar-refractivity contribution in [1.29, 1.82) is 0 Å². The number of aromatic amines is 1. The first-order valence-electron chi connectivity index (χ1n) is 12.3. The molecule has 3 N–H and O–H groups in total. The average Bonchev–Trinajstić information content (AvgIpc) is 3.36. The van der Waals surface area contributed by atoms with Crippen molar-refractivity contribution in [2.45, 2.75) is 6.42 Å². The first-order chi connectivity index (χ1) is 19.3. The summed E-state index contributed by atoms with van der Waals surface area (Å²) >= 11 is 0. The van der Waals surface area contributed by atoms with Gasteiger partial charge in [0.2, 0.25) is 17.6 Å². The van der Waals surface area contributed by atoms with E-state index in [1.165, 1.54) is 16.8 Å². The van der Waals surface area contributed by atoms with Gasteiger partial charge in [0.1, 0.15) is 23.1 Å². The Balaban J connectivity index is 1.48. The molecule has 10 heteroatoms. The van der Waals surface area contributed by atoms with Crippen LogP contribution in [-0.2, 0) is 4.79 Å². The Bertz CT molecular complexity index is 1700. The summed E-state index contributed by atoms with van der Waals surface area (Å²) in [6.45, 7) is 0.0122. The summed E-state index contributed by atoms with van der Waals surface area (Å²) in [6, 6.07) is 21.0. The summed E-state index contributed by atoms with van der Waals surface area (Å²) in [5.74, 6) is -1.35. The molecule has 0 saturated heterocycles. The predicted molar refractivity (Wildman–Crippen MR) is 143 cm³/mol. The Morgan fingerprint density at radius 1 is 0.900 bits per heavy atom. The van der Waals surface area contributed by atoms with Crippen molar-refractivity contribution in [3.8, 4) is 34.2 Å². The number of halogens is 2. The van der Waals surface area contributed by atoms with E-state index >= 15 is 0 Å². The monoisotopic (exact) mass is 544 g/mol. The minimum Gasteiger partial charge on any atom is -0.497 e. The van der Waals surface area contributed by atoms with Gasteiger partial charge < -0.3 is 19.9 Å². The van der Waals surface area contributed by atoms with Crippen LogP contribution >= 0.6 is 0 Å². The molecule has 0 spiro atoms. The Kier molecular flexibility index (Phi) is 7.41. The number of carboxylic acid groups (broad SMARTS) is 1. The predicted octanol–water partition coefficient (Wildman–Crippen LogP) is 5.40. The van der Waals surface area contributed by atoms with Crippen LogP contribution in [0.15, 0.2) is 85.1 Å². The van der Waals surface area contributed by atoms with E-state index in [0.717, 1.165) is 28.2 Å². The number of benzene rings is 4. The summed E-state index contributed by atoms with van der Waals surface area (Å²) in [6.07, 6.45) is 1.40. The highest BCUT2D eigenvalue weighted by Crippen LogP contribution is 2.34. The summed E-state index contributed by atoms with van der Waals surface area (Å²) in [5.41, 5.74) is 1.88. The number of methoxy groups -OCH3 is 1. The van der Waals surface area contributed by atoms with E-state index in [1.54, 1.807) is 37.6 Å². The van der Waals surface area contributed by atoms with Crippen LogP contribution in [0, 0.1) is 11.6 Å². The fraction of sp³-hybridized carbons (Fsp3) is 0.100. The number of fused-ring (bicyclic) bond motifs is 1. The van der Waals surface area contributed by atoms with Crippen LogP contribution in [0.2, 0.25) is 0 Å². The maximum absolute atomic E-state index is 14.0. The van der Waals surface area contributed by atoms with E-state index in [9.17, 15) is 18.4 Å². The zero-order valence-electron chi connectivity index (χ0n) is 21.3. The number of nitrogens with zero attached hydrogens (tertiary/aromatic N) is 1. The molecule has 1 amide bonds. The molecule has 5 rings (SSSR count). The minimum atomic E-state index is -1.00. The molecule has 5 aromatic rings. The molecule has 0 aliphatic heterocycles. The third-order valence-electron chi connectivity index (χ3n) is 6.16. The fourth-order valence-corrected chi connectivity index (χ4v) is 4.18. The van der Waals surface area contributed by atoms with Crippen molar-refractivity contribution in [1.82, 2.24) is 10.4 Å². The number of carboxylic acids is 1. The SMILES string of the molecule is COc1ccc2cc(-c3[nH][n+](-c4cc(F)cc(F)c4)cc3Oc3ccc(C(=O)NCCC(=O)O)cc3)ccc2c1. The Morgan fingerprint density at radius 2 is 1.57 bits per heavy atom. The fourth-order valence-electron chi connectivity index (χ4n) is 4.18. The zero-order valence-corrected chi connectivity index (χ0v) is 21.3. The maximum Gasteiger partial charge on any atom is 0.305 e. The lowest BCUT2D eigenvalue weighted by Gasteiger charge is -2.08. The smallest absolute Gasteiger partial charge is 0.305 e. The van der Waals surface area contributed by atoms with Crippen molar-refractivity contribution in [3.63, 3.8) is 0 Å². The molecule has 4 aromatic carbocycles. The number of carbonyl (C=O) groups is 2. The largest absolute Gasteiger partial charge is 0.497 e. The second-order valence-corrected chi connectivity index (χ2v) is 8.93. The molecule has 0 saturated carbocycles. The van der Waals surface area contributed by atoms with Crippen molar-refractivity contribution in [2.24, 2.45) is 0 Å². The lowest BCUT2D eigenvalue weighted by Crippen LogP contribution is -2.32. The lowest BCUT2D eigenvalue weighted by molar-refractivity contribution is -0.654. The first kappa shape index (κ1) is 26.4. The molecule has 1 heterocycles. The first-order valence-corrected chi connectivity index (χ1v) is 12.3. The zero-order chi connectivity index (χ0) is 28.2. The molecule has 0 aliphatic carbocycles. The second kappa shape index (κ2) is 11.2. The van der Waals surface area contributed by atoms with Gasteiger partial charge in [-0.2, -0.15) is 5.10 Å². The molecule has 40 heavy (non-hydrogen) atoms. The van der Waals surface area contributed by atoms with E-state index in [2.05, 4.69) is 10.4 Å². The molecular weight excluding hydrogens is 520 g/mol. The standard InChI is InChI=1S/C30H23F2N3O5/c1-39-26-9-6-19-12-21(3-2-20(19)13-26)29-27(17-35(34-29)24-15-22(31)14-23(32)16-24)40-25-7-4-18(5-8-25)30(38)33-11-10-28(36)37/h2-9,12-17H,10-11H2,1H3,(H2,33,36,37,38)/p+1. The van der Waals surface area contributed by atoms with Gasteiger partial charge in [0, 0.05) is 35.9 Å². The van der Waals surface area contributed by atoms with Gasteiger partial charge in [-0.1, -0.05) is 22.9 Å². The van der Waals surface area contributed by atoms with E-state index < -0.39 is 23.5 Å². The van der Waals surface area contributed by atoms with Crippen LogP contribution < -0.4 is 19.5 Å². The van der Waals surface area contributed by atoms with Crippen molar-refractivity contribution in [3.05, 3.63) is 102 Å². The second-order valence-electron chi connectivity index (χ2n) is 8.93. The van der Waals surface area contributed by atoms with Crippen molar-refractivity contribution in [2.75, 3.05) is 13.7 Å². The maximum atomic E-state index is 14.0. The molecule has 0 unspecified atom stereocenters. The molecule has 0 aliphatic rings. The molecule has 8 nitrogen and oxygen atoms in total.